The summed E-state index contributed by atoms with van der Waals surface area (Å²) in [4.78, 5) is 18.1. The molecule has 0 aliphatic heterocycles. The van der Waals surface area contributed by atoms with Crippen LogP contribution in [0.4, 0.5) is 5.69 Å². The molecule has 172 valence electrons. The van der Waals surface area contributed by atoms with E-state index in [1.54, 1.807) is 11.3 Å². The molecule has 0 fully saturated rings. The number of nitrogens with one attached hydrogen (secondary N) is 2. The molecule has 1 amide bonds. The maximum absolute atomic E-state index is 13.3. The number of anilines is 1. The fourth-order valence-electron chi connectivity index (χ4n) is 4.06. The molecule has 6 heteroatoms. The molecule has 0 saturated carbocycles. The van der Waals surface area contributed by atoms with Gasteiger partial charge in [0.2, 0.25) is 5.91 Å². The van der Waals surface area contributed by atoms with Gasteiger partial charge in [-0.2, -0.15) is 0 Å². The molecular formula is C29H23N3OS2. The van der Waals surface area contributed by atoms with Gasteiger partial charge in [-0.25, -0.2) is 4.98 Å². The van der Waals surface area contributed by atoms with Crippen molar-refractivity contribution in [1.82, 2.24) is 10.3 Å². The van der Waals surface area contributed by atoms with Gasteiger partial charge < -0.3 is 10.6 Å². The fourth-order valence-corrected chi connectivity index (χ4v) is 5.23. The Bertz CT molecular complexity index is 1420. The van der Waals surface area contributed by atoms with Crippen molar-refractivity contribution in [3.8, 4) is 10.6 Å². The molecule has 0 aliphatic carbocycles. The smallest absolute Gasteiger partial charge is 0.238 e. The van der Waals surface area contributed by atoms with Gasteiger partial charge in [0.25, 0.3) is 0 Å². The van der Waals surface area contributed by atoms with Crippen molar-refractivity contribution in [2.24, 2.45) is 0 Å². The normalized spacial score (nSPS) is 10.9. The Balaban J connectivity index is 1.32. The third-order valence-electron chi connectivity index (χ3n) is 5.78. The zero-order chi connectivity index (χ0) is 24.2. The van der Waals surface area contributed by atoms with Crippen molar-refractivity contribution < 1.29 is 4.79 Å². The van der Waals surface area contributed by atoms with E-state index in [2.05, 4.69) is 22.8 Å². The van der Waals surface area contributed by atoms with E-state index < -0.39 is 5.92 Å². The number of carbonyl (C=O) groups is 1. The summed E-state index contributed by atoms with van der Waals surface area (Å²) in [5.74, 6) is -0.636. The number of hydrogen-bond acceptors (Lipinski definition) is 4. The summed E-state index contributed by atoms with van der Waals surface area (Å²) >= 11 is 7.18. The molecule has 0 radical (unpaired) electrons. The lowest BCUT2D eigenvalue weighted by atomic mass is 9.90. The van der Waals surface area contributed by atoms with E-state index in [9.17, 15) is 4.79 Å². The zero-order valence-corrected chi connectivity index (χ0v) is 20.7. The van der Waals surface area contributed by atoms with Crippen LogP contribution in [0.2, 0.25) is 0 Å². The average molecular weight is 494 g/mol. The molecule has 0 unspecified atom stereocenters. The number of para-hydroxylation sites is 1. The van der Waals surface area contributed by atoms with Gasteiger partial charge in [0.1, 0.15) is 5.01 Å². The van der Waals surface area contributed by atoms with E-state index in [0.717, 1.165) is 43.2 Å². The molecule has 35 heavy (non-hydrogen) atoms. The van der Waals surface area contributed by atoms with Gasteiger partial charge in [-0.15, -0.1) is 11.3 Å². The molecule has 2 N–H and O–H groups in total. The van der Waals surface area contributed by atoms with Crippen LogP contribution in [0, 0.1) is 6.92 Å². The Kier molecular flexibility index (Phi) is 6.66. The summed E-state index contributed by atoms with van der Waals surface area (Å²) < 4.78 is 1.16. The average Bonchev–Trinajstić information content (AvgIpc) is 3.31. The Morgan fingerprint density at radius 1 is 0.857 bits per heavy atom. The van der Waals surface area contributed by atoms with Gasteiger partial charge in [0.15, 0.2) is 5.11 Å². The Morgan fingerprint density at radius 3 is 2.11 bits per heavy atom. The highest BCUT2D eigenvalue weighted by Crippen LogP contribution is 2.32. The number of benzene rings is 4. The van der Waals surface area contributed by atoms with Crippen molar-refractivity contribution in [3.05, 3.63) is 120 Å². The van der Waals surface area contributed by atoms with E-state index in [-0.39, 0.29) is 11.0 Å². The zero-order valence-electron chi connectivity index (χ0n) is 19.1. The van der Waals surface area contributed by atoms with Crippen molar-refractivity contribution in [3.63, 3.8) is 0 Å². The van der Waals surface area contributed by atoms with Crippen molar-refractivity contribution in [2.75, 3.05) is 5.32 Å². The minimum atomic E-state index is -0.459. The number of nitrogens with zero attached hydrogens (tertiary/aromatic N) is 1. The molecule has 1 aromatic heterocycles. The molecule has 0 spiro atoms. The van der Waals surface area contributed by atoms with Gasteiger partial charge in [-0.1, -0.05) is 72.8 Å². The number of thiocarbonyl (C=S) groups is 1. The number of hydrogen-bond donors (Lipinski definition) is 2. The number of aryl methyl sites for hydroxylation is 1. The monoisotopic (exact) mass is 493 g/mol. The number of fused-ring (bicyclic) bond motifs is 1. The van der Waals surface area contributed by atoms with E-state index in [0.29, 0.717) is 0 Å². The second-order valence-corrected chi connectivity index (χ2v) is 9.65. The minimum absolute atomic E-state index is 0.177. The maximum Gasteiger partial charge on any atom is 0.238 e. The van der Waals surface area contributed by atoms with Crippen LogP contribution in [0.5, 0.6) is 0 Å². The van der Waals surface area contributed by atoms with Crippen molar-refractivity contribution >= 4 is 50.5 Å². The predicted molar refractivity (Wildman–Crippen MR) is 149 cm³/mol. The summed E-state index contributed by atoms with van der Waals surface area (Å²) in [6.07, 6.45) is 0. The molecular weight excluding hydrogens is 470 g/mol. The van der Waals surface area contributed by atoms with E-state index in [1.165, 1.54) is 0 Å². The molecule has 5 aromatic rings. The molecule has 5 rings (SSSR count). The van der Waals surface area contributed by atoms with Crippen LogP contribution in [0.3, 0.4) is 0 Å². The van der Waals surface area contributed by atoms with Gasteiger partial charge in [-0.05, 0) is 66.2 Å². The first kappa shape index (κ1) is 22.9. The maximum atomic E-state index is 13.3. The van der Waals surface area contributed by atoms with E-state index in [4.69, 9.17) is 17.2 Å². The highest BCUT2D eigenvalue weighted by molar-refractivity contribution is 7.80. The standard InChI is InChI=1S/C29H23N3OS2/c1-19-18-22(28-30-24-14-8-9-15-25(24)35-28)16-17-23(19)31-29(34)32-27(33)26(20-10-4-2-5-11-20)21-12-6-3-7-13-21/h2-18,26H,1H3,(H2,31,32,33,34). The first-order chi connectivity index (χ1) is 17.1. The highest BCUT2D eigenvalue weighted by Gasteiger charge is 2.23. The highest BCUT2D eigenvalue weighted by atomic mass is 32.1. The summed E-state index contributed by atoms with van der Waals surface area (Å²) in [6.45, 7) is 2.01. The molecule has 0 aliphatic rings. The van der Waals surface area contributed by atoms with Gasteiger partial charge >= 0.3 is 0 Å². The number of rotatable bonds is 5. The number of thiazole rings is 1. The van der Waals surface area contributed by atoms with Crippen LogP contribution >= 0.6 is 23.6 Å². The third-order valence-corrected chi connectivity index (χ3v) is 7.07. The van der Waals surface area contributed by atoms with Gasteiger partial charge in [0, 0.05) is 11.3 Å². The van der Waals surface area contributed by atoms with Crippen LogP contribution in [0.25, 0.3) is 20.8 Å². The molecule has 4 nitrogen and oxygen atoms in total. The minimum Gasteiger partial charge on any atom is -0.332 e. The largest absolute Gasteiger partial charge is 0.332 e. The molecule has 4 aromatic carbocycles. The Hall–Kier alpha value is -3.87. The lowest BCUT2D eigenvalue weighted by Gasteiger charge is -2.19. The summed E-state index contributed by atoms with van der Waals surface area (Å²) in [5.41, 5.74) is 5.74. The summed E-state index contributed by atoms with van der Waals surface area (Å²) in [5, 5.41) is 7.32. The predicted octanol–water partition coefficient (Wildman–Crippen LogP) is 6.92. The number of aromatic nitrogens is 1. The lowest BCUT2D eigenvalue weighted by Crippen LogP contribution is -2.38. The number of carbonyl (C=O) groups excluding carboxylic acids is 1. The Morgan fingerprint density at radius 2 is 1.49 bits per heavy atom. The second-order valence-electron chi connectivity index (χ2n) is 8.21. The van der Waals surface area contributed by atoms with Crippen LogP contribution < -0.4 is 10.6 Å². The molecule has 0 saturated heterocycles. The first-order valence-electron chi connectivity index (χ1n) is 11.3. The van der Waals surface area contributed by atoms with Crippen LogP contribution in [0.15, 0.2) is 103 Å². The van der Waals surface area contributed by atoms with E-state index >= 15 is 0 Å². The van der Waals surface area contributed by atoms with Gasteiger partial charge in [0.05, 0.1) is 16.1 Å². The van der Waals surface area contributed by atoms with Crippen LogP contribution in [-0.4, -0.2) is 16.0 Å². The van der Waals surface area contributed by atoms with Crippen LogP contribution in [-0.2, 0) is 4.79 Å². The quantitative estimate of drug-likeness (QED) is 0.261. The van der Waals surface area contributed by atoms with Crippen molar-refractivity contribution in [1.29, 1.82) is 0 Å². The first-order valence-corrected chi connectivity index (χ1v) is 12.5. The molecule has 1 heterocycles. The fraction of sp³-hybridized carbons (Fsp3) is 0.0690. The molecule has 0 atom stereocenters. The summed E-state index contributed by atoms with van der Waals surface area (Å²) in [6, 6.07) is 33.7. The number of amides is 1. The van der Waals surface area contributed by atoms with Crippen molar-refractivity contribution in [2.45, 2.75) is 12.8 Å². The van der Waals surface area contributed by atoms with Gasteiger partial charge in [-0.3, -0.25) is 4.79 Å². The third kappa shape index (κ3) is 5.14. The van der Waals surface area contributed by atoms with E-state index in [1.807, 2.05) is 97.9 Å². The Labute approximate surface area is 213 Å². The topological polar surface area (TPSA) is 54.0 Å². The summed E-state index contributed by atoms with van der Waals surface area (Å²) in [7, 11) is 0. The lowest BCUT2D eigenvalue weighted by molar-refractivity contribution is -0.120. The molecule has 0 bridgehead atoms. The van der Waals surface area contributed by atoms with Crippen LogP contribution in [0.1, 0.15) is 22.6 Å². The SMILES string of the molecule is Cc1cc(-c2nc3ccccc3s2)ccc1NC(=S)NC(=O)C(c1ccccc1)c1ccccc1. The second kappa shape index (κ2) is 10.2.